The molecular formula is C17H18N4. The van der Waals surface area contributed by atoms with Crippen LogP contribution < -0.4 is 5.73 Å². The molecule has 4 heteroatoms. The largest absolute Gasteiger partial charge is 0.318 e. The maximum atomic E-state index is 6.26. The molecule has 0 radical (unpaired) electrons. The Balaban J connectivity index is 1.91. The first-order valence-corrected chi connectivity index (χ1v) is 6.95. The minimum atomic E-state index is -0.295. The number of nitrogens with zero attached hydrogens (tertiary/aromatic N) is 2. The molecule has 2 aromatic carbocycles. The second-order valence-corrected chi connectivity index (χ2v) is 5.25. The van der Waals surface area contributed by atoms with Crippen LogP contribution in [0.5, 0.6) is 0 Å². The lowest BCUT2D eigenvalue weighted by Crippen LogP contribution is -2.13. The predicted octanol–water partition coefficient (Wildman–Crippen LogP) is 3.14. The number of nitrogens with two attached hydrogens (primary N) is 1. The molecule has 0 spiro atoms. The van der Waals surface area contributed by atoms with Gasteiger partial charge in [-0.05, 0) is 25.0 Å². The number of H-pyrrole nitrogens is 1. The van der Waals surface area contributed by atoms with E-state index < -0.39 is 0 Å². The molecule has 3 N–H and O–H groups in total. The summed E-state index contributed by atoms with van der Waals surface area (Å²) in [7, 11) is 0. The number of benzene rings is 2. The smallest absolute Gasteiger partial charge is 0.181 e. The van der Waals surface area contributed by atoms with Crippen molar-refractivity contribution in [1.82, 2.24) is 15.2 Å². The lowest BCUT2D eigenvalue weighted by Gasteiger charge is -2.08. The van der Waals surface area contributed by atoms with Crippen LogP contribution in [-0.2, 0) is 0 Å². The zero-order valence-corrected chi connectivity index (χ0v) is 12.2. The van der Waals surface area contributed by atoms with Crippen LogP contribution in [-0.4, -0.2) is 15.2 Å². The standard InChI is InChI=1S/C17H18N4/c1-11-7-9-13(10-8-11)15(18)17-19-16(20-21-17)14-6-4-3-5-12(14)2/h3-10,15H,18H2,1-2H3,(H,19,20,21)/t15-/m1/s1. The molecule has 1 aromatic heterocycles. The van der Waals surface area contributed by atoms with Gasteiger partial charge in [0.1, 0.15) is 5.82 Å². The molecule has 0 bridgehead atoms. The number of hydrogen-bond acceptors (Lipinski definition) is 3. The van der Waals surface area contributed by atoms with E-state index in [0.717, 1.165) is 16.7 Å². The minimum absolute atomic E-state index is 0.295. The molecule has 0 saturated heterocycles. The molecule has 0 aliphatic carbocycles. The van der Waals surface area contributed by atoms with Crippen molar-refractivity contribution in [1.29, 1.82) is 0 Å². The third-order valence-corrected chi connectivity index (χ3v) is 3.62. The summed E-state index contributed by atoms with van der Waals surface area (Å²) in [5.74, 6) is 1.36. The van der Waals surface area contributed by atoms with E-state index in [4.69, 9.17) is 5.73 Å². The van der Waals surface area contributed by atoms with Crippen LogP contribution in [0, 0.1) is 13.8 Å². The highest BCUT2D eigenvalue weighted by molar-refractivity contribution is 5.59. The summed E-state index contributed by atoms with van der Waals surface area (Å²) < 4.78 is 0. The van der Waals surface area contributed by atoms with Crippen LogP contribution >= 0.6 is 0 Å². The number of nitrogens with one attached hydrogen (secondary N) is 1. The average Bonchev–Trinajstić information content (AvgIpc) is 2.97. The SMILES string of the molecule is Cc1ccc([C@@H](N)c2nc(-c3ccccc3C)n[nH]2)cc1. The number of hydrogen-bond donors (Lipinski definition) is 2. The Bertz CT molecular complexity index is 743. The molecule has 1 heterocycles. The van der Waals surface area contributed by atoms with Gasteiger partial charge in [-0.1, -0.05) is 54.1 Å². The summed E-state index contributed by atoms with van der Waals surface area (Å²) in [6.07, 6.45) is 0. The highest BCUT2D eigenvalue weighted by Crippen LogP contribution is 2.22. The summed E-state index contributed by atoms with van der Waals surface area (Å²) in [6, 6.07) is 15.9. The Morgan fingerprint density at radius 1 is 1.00 bits per heavy atom. The van der Waals surface area contributed by atoms with Gasteiger partial charge in [0.15, 0.2) is 5.82 Å². The van der Waals surface area contributed by atoms with E-state index >= 15 is 0 Å². The Morgan fingerprint density at radius 2 is 1.71 bits per heavy atom. The van der Waals surface area contributed by atoms with Crippen molar-refractivity contribution in [2.45, 2.75) is 19.9 Å². The summed E-state index contributed by atoms with van der Waals surface area (Å²) in [6.45, 7) is 4.10. The average molecular weight is 278 g/mol. The van der Waals surface area contributed by atoms with Crippen molar-refractivity contribution < 1.29 is 0 Å². The van der Waals surface area contributed by atoms with Gasteiger partial charge in [-0.3, -0.25) is 5.10 Å². The van der Waals surface area contributed by atoms with Crippen LogP contribution in [0.2, 0.25) is 0 Å². The van der Waals surface area contributed by atoms with Gasteiger partial charge in [0.25, 0.3) is 0 Å². The number of aryl methyl sites for hydroxylation is 2. The molecule has 21 heavy (non-hydrogen) atoms. The first-order chi connectivity index (χ1) is 10.1. The van der Waals surface area contributed by atoms with Gasteiger partial charge in [0.2, 0.25) is 0 Å². The monoisotopic (exact) mass is 278 g/mol. The first-order valence-electron chi connectivity index (χ1n) is 6.95. The second kappa shape index (κ2) is 5.50. The van der Waals surface area contributed by atoms with Crippen molar-refractivity contribution in [3.05, 3.63) is 71.0 Å². The summed E-state index contributed by atoms with van der Waals surface area (Å²) in [4.78, 5) is 4.55. The molecule has 106 valence electrons. The lowest BCUT2D eigenvalue weighted by molar-refractivity contribution is 0.787. The second-order valence-electron chi connectivity index (χ2n) is 5.25. The first kappa shape index (κ1) is 13.5. The molecule has 0 fully saturated rings. The number of aromatic amines is 1. The van der Waals surface area contributed by atoms with Gasteiger partial charge in [-0.25, -0.2) is 4.98 Å². The maximum Gasteiger partial charge on any atom is 0.181 e. The Morgan fingerprint density at radius 3 is 2.43 bits per heavy atom. The Labute approximate surface area is 124 Å². The van der Waals surface area contributed by atoms with E-state index in [9.17, 15) is 0 Å². The van der Waals surface area contributed by atoms with Crippen molar-refractivity contribution in [2.24, 2.45) is 5.73 Å². The molecule has 0 amide bonds. The molecule has 0 aliphatic rings. The van der Waals surface area contributed by atoms with E-state index in [1.807, 2.05) is 55.5 Å². The van der Waals surface area contributed by atoms with Crippen molar-refractivity contribution in [3.63, 3.8) is 0 Å². The van der Waals surface area contributed by atoms with Gasteiger partial charge in [0, 0.05) is 5.56 Å². The number of rotatable bonds is 3. The van der Waals surface area contributed by atoms with E-state index in [-0.39, 0.29) is 6.04 Å². The zero-order valence-electron chi connectivity index (χ0n) is 12.2. The van der Waals surface area contributed by atoms with Gasteiger partial charge >= 0.3 is 0 Å². The molecule has 3 rings (SSSR count). The number of aromatic nitrogens is 3. The molecule has 3 aromatic rings. The topological polar surface area (TPSA) is 67.6 Å². The van der Waals surface area contributed by atoms with Crippen LogP contribution in [0.1, 0.15) is 28.6 Å². The third-order valence-electron chi connectivity index (χ3n) is 3.62. The molecule has 0 saturated carbocycles. The van der Waals surface area contributed by atoms with Gasteiger partial charge in [0.05, 0.1) is 6.04 Å². The van der Waals surface area contributed by atoms with E-state index in [1.165, 1.54) is 5.56 Å². The quantitative estimate of drug-likeness (QED) is 0.773. The van der Waals surface area contributed by atoms with Gasteiger partial charge < -0.3 is 5.73 Å². The molecule has 4 nitrogen and oxygen atoms in total. The van der Waals surface area contributed by atoms with Crippen LogP contribution in [0.25, 0.3) is 11.4 Å². The van der Waals surface area contributed by atoms with Crippen LogP contribution in [0.15, 0.2) is 48.5 Å². The van der Waals surface area contributed by atoms with Crippen LogP contribution in [0.3, 0.4) is 0 Å². The molecular weight excluding hydrogens is 260 g/mol. The molecule has 0 aliphatic heterocycles. The van der Waals surface area contributed by atoms with Gasteiger partial charge in [-0.2, -0.15) is 5.10 Å². The summed E-state index contributed by atoms with van der Waals surface area (Å²) in [5, 5.41) is 7.25. The fraction of sp³-hybridized carbons (Fsp3) is 0.176. The third kappa shape index (κ3) is 2.71. The highest BCUT2D eigenvalue weighted by Gasteiger charge is 2.15. The van der Waals surface area contributed by atoms with E-state index in [1.54, 1.807) is 0 Å². The van der Waals surface area contributed by atoms with Crippen molar-refractivity contribution >= 4 is 0 Å². The summed E-state index contributed by atoms with van der Waals surface area (Å²) >= 11 is 0. The summed E-state index contributed by atoms with van der Waals surface area (Å²) in [5.41, 5.74) is 10.7. The fourth-order valence-electron chi connectivity index (χ4n) is 2.29. The van der Waals surface area contributed by atoms with Crippen LogP contribution in [0.4, 0.5) is 0 Å². The zero-order chi connectivity index (χ0) is 14.8. The van der Waals surface area contributed by atoms with E-state index in [2.05, 4.69) is 22.1 Å². The van der Waals surface area contributed by atoms with Crippen molar-refractivity contribution in [3.8, 4) is 11.4 Å². The van der Waals surface area contributed by atoms with E-state index in [0.29, 0.717) is 11.6 Å². The highest BCUT2D eigenvalue weighted by atomic mass is 15.2. The Hall–Kier alpha value is -2.46. The lowest BCUT2D eigenvalue weighted by atomic mass is 10.1. The minimum Gasteiger partial charge on any atom is -0.318 e. The maximum absolute atomic E-state index is 6.26. The normalized spacial score (nSPS) is 12.3. The molecule has 1 atom stereocenters. The van der Waals surface area contributed by atoms with Crippen molar-refractivity contribution in [2.75, 3.05) is 0 Å². The molecule has 0 unspecified atom stereocenters. The Kier molecular flexibility index (Phi) is 3.54. The fourth-order valence-corrected chi connectivity index (χ4v) is 2.29. The predicted molar refractivity (Wildman–Crippen MR) is 83.8 cm³/mol. The van der Waals surface area contributed by atoms with Gasteiger partial charge in [-0.15, -0.1) is 0 Å².